The number of aliphatic hydroxyl groups excluding tert-OH is 1. The lowest BCUT2D eigenvalue weighted by Gasteiger charge is -2.12. The maximum Gasteiger partial charge on any atom is 0.206 e. The van der Waals surface area contributed by atoms with Crippen molar-refractivity contribution >= 4 is 32.4 Å². The first kappa shape index (κ1) is 17.8. The van der Waals surface area contributed by atoms with E-state index in [2.05, 4.69) is 31.4 Å². The van der Waals surface area contributed by atoms with Gasteiger partial charge in [0.15, 0.2) is 5.01 Å². The van der Waals surface area contributed by atoms with Crippen molar-refractivity contribution in [1.82, 2.24) is 10.2 Å². The molecule has 0 aliphatic rings. The van der Waals surface area contributed by atoms with Crippen LogP contribution in [0.4, 0.5) is 9.52 Å². The van der Waals surface area contributed by atoms with Gasteiger partial charge in [0, 0.05) is 16.6 Å². The molecule has 130 valence electrons. The quantitative estimate of drug-likeness (QED) is 0.619. The van der Waals surface area contributed by atoms with E-state index in [-0.39, 0.29) is 12.4 Å². The van der Waals surface area contributed by atoms with Crippen LogP contribution in [0.2, 0.25) is 0 Å². The van der Waals surface area contributed by atoms with E-state index in [1.54, 1.807) is 25.3 Å². The van der Waals surface area contributed by atoms with Gasteiger partial charge in [-0.05, 0) is 35.9 Å². The topological polar surface area (TPSA) is 67.3 Å². The van der Waals surface area contributed by atoms with E-state index in [4.69, 9.17) is 4.74 Å². The first-order chi connectivity index (χ1) is 12.1. The second kappa shape index (κ2) is 7.90. The van der Waals surface area contributed by atoms with Crippen LogP contribution in [-0.2, 0) is 0 Å². The molecule has 2 aromatic carbocycles. The first-order valence-electron chi connectivity index (χ1n) is 7.41. The standard InChI is InChI=1S/C17H15BrFN3O2S/c1-24-12-4-2-3-10(7-12)15(23)9-20-17-22-21-16(25-17)13-8-11(18)5-6-14(13)19/h2-8,15,23H,9H2,1H3,(H,20,22). The number of halogens is 2. The third-order valence-electron chi connectivity index (χ3n) is 3.51. The van der Waals surface area contributed by atoms with Gasteiger partial charge in [-0.3, -0.25) is 0 Å². The Labute approximate surface area is 156 Å². The van der Waals surface area contributed by atoms with Gasteiger partial charge in [0.2, 0.25) is 5.13 Å². The molecule has 1 atom stereocenters. The Morgan fingerprint density at radius 1 is 1.28 bits per heavy atom. The van der Waals surface area contributed by atoms with E-state index >= 15 is 0 Å². The Kier molecular flexibility index (Phi) is 5.62. The van der Waals surface area contributed by atoms with Gasteiger partial charge in [-0.15, -0.1) is 10.2 Å². The molecule has 0 amide bonds. The summed E-state index contributed by atoms with van der Waals surface area (Å²) in [5.41, 5.74) is 1.11. The van der Waals surface area contributed by atoms with Crippen LogP contribution in [0.25, 0.3) is 10.6 Å². The number of nitrogens with one attached hydrogen (secondary N) is 1. The van der Waals surface area contributed by atoms with Gasteiger partial charge >= 0.3 is 0 Å². The number of nitrogens with zero attached hydrogens (tertiary/aromatic N) is 2. The van der Waals surface area contributed by atoms with Gasteiger partial charge in [0.1, 0.15) is 11.6 Å². The maximum atomic E-state index is 13.9. The molecule has 0 fully saturated rings. The lowest BCUT2D eigenvalue weighted by Crippen LogP contribution is -2.12. The molecule has 1 heterocycles. The fraction of sp³-hybridized carbons (Fsp3) is 0.176. The minimum absolute atomic E-state index is 0.253. The van der Waals surface area contributed by atoms with Crippen molar-refractivity contribution in [2.45, 2.75) is 6.10 Å². The molecular formula is C17H15BrFN3O2S. The van der Waals surface area contributed by atoms with E-state index in [0.29, 0.717) is 21.5 Å². The Morgan fingerprint density at radius 3 is 2.92 bits per heavy atom. The molecule has 0 radical (unpaired) electrons. The molecule has 0 saturated carbocycles. The number of anilines is 1. The molecule has 25 heavy (non-hydrogen) atoms. The largest absolute Gasteiger partial charge is 0.497 e. The molecule has 1 unspecified atom stereocenters. The number of aromatic nitrogens is 2. The molecule has 2 N–H and O–H groups in total. The molecule has 0 aliphatic carbocycles. The van der Waals surface area contributed by atoms with Crippen molar-refractivity contribution in [3.8, 4) is 16.3 Å². The summed E-state index contributed by atoms with van der Waals surface area (Å²) in [6.07, 6.45) is -0.731. The van der Waals surface area contributed by atoms with Gasteiger partial charge in [0.05, 0.1) is 13.2 Å². The van der Waals surface area contributed by atoms with Crippen molar-refractivity contribution in [3.05, 3.63) is 58.3 Å². The summed E-state index contributed by atoms with van der Waals surface area (Å²) < 4.78 is 19.8. The Balaban J connectivity index is 1.68. The van der Waals surface area contributed by atoms with Crippen molar-refractivity contribution in [2.75, 3.05) is 19.0 Å². The minimum atomic E-state index is -0.731. The number of hydrogen-bond donors (Lipinski definition) is 2. The van der Waals surface area contributed by atoms with Crippen molar-refractivity contribution in [3.63, 3.8) is 0 Å². The number of hydrogen-bond acceptors (Lipinski definition) is 6. The Morgan fingerprint density at radius 2 is 2.12 bits per heavy atom. The number of rotatable bonds is 6. The summed E-state index contributed by atoms with van der Waals surface area (Å²) in [5.74, 6) is 0.321. The Bertz CT molecular complexity index is 875. The number of aliphatic hydroxyl groups is 1. The molecule has 0 saturated heterocycles. The van der Waals surface area contributed by atoms with Gasteiger partial charge in [-0.2, -0.15) is 0 Å². The molecule has 1 aromatic heterocycles. The molecule has 3 rings (SSSR count). The van der Waals surface area contributed by atoms with Gasteiger partial charge in [-0.1, -0.05) is 39.4 Å². The predicted molar refractivity (Wildman–Crippen MR) is 99.4 cm³/mol. The van der Waals surface area contributed by atoms with E-state index in [1.165, 1.54) is 17.4 Å². The average Bonchev–Trinajstić information content (AvgIpc) is 3.10. The SMILES string of the molecule is COc1cccc(C(O)CNc2nnc(-c3cc(Br)ccc3F)s2)c1. The molecule has 5 nitrogen and oxygen atoms in total. The molecule has 8 heteroatoms. The third kappa shape index (κ3) is 4.33. The number of ether oxygens (including phenoxy) is 1. The zero-order chi connectivity index (χ0) is 17.8. The molecule has 0 bridgehead atoms. The summed E-state index contributed by atoms with van der Waals surface area (Å²) in [4.78, 5) is 0. The van der Waals surface area contributed by atoms with E-state index < -0.39 is 6.10 Å². The van der Waals surface area contributed by atoms with Gasteiger partial charge < -0.3 is 15.2 Å². The van der Waals surface area contributed by atoms with Gasteiger partial charge in [-0.25, -0.2) is 4.39 Å². The lowest BCUT2D eigenvalue weighted by molar-refractivity contribution is 0.191. The summed E-state index contributed by atoms with van der Waals surface area (Å²) >= 11 is 4.54. The monoisotopic (exact) mass is 423 g/mol. The lowest BCUT2D eigenvalue weighted by atomic mass is 10.1. The number of methoxy groups -OCH3 is 1. The predicted octanol–water partition coefficient (Wildman–Crippen LogP) is 4.26. The van der Waals surface area contributed by atoms with Crippen molar-refractivity contribution < 1.29 is 14.2 Å². The molecule has 0 aliphatic heterocycles. The highest BCUT2D eigenvalue weighted by Gasteiger charge is 2.13. The van der Waals surface area contributed by atoms with Crippen LogP contribution >= 0.6 is 27.3 Å². The summed E-state index contributed by atoms with van der Waals surface area (Å²) in [7, 11) is 1.58. The highest BCUT2D eigenvalue weighted by atomic mass is 79.9. The molecule has 3 aromatic rings. The maximum absolute atomic E-state index is 13.9. The van der Waals surface area contributed by atoms with Crippen LogP contribution < -0.4 is 10.1 Å². The van der Waals surface area contributed by atoms with E-state index in [0.717, 1.165) is 10.0 Å². The third-order valence-corrected chi connectivity index (χ3v) is 4.92. The minimum Gasteiger partial charge on any atom is -0.497 e. The van der Waals surface area contributed by atoms with Crippen molar-refractivity contribution in [1.29, 1.82) is 0 Å². The zero-order valence-electron chi connectivity index (χ0n) is 13.2. The normalized spacial score (nSPS) is 12.0. The van der Waals surface area contributed by atoms with Crippen LogP contribution in [0.3, 0.4) is 0 Å². The first-order valence-corrected chi connectivity index (χ1v) is 9.02. The summed E-state index contributed by atoms with van der Waals surface area (Å²) in [5, 5.41) is 22.3. The highest BCUT2D eigenvalue weighted by molar-refractivity contribution is 9.10. The summed E-state index contributed by atoms with van der Waals surface area (Å²) in [6, 6.07) is 11.9. The average molecular weight is 424 g/mol. The fourth-order valence-electron chi connectivity index (χ4n) is 2.22. The second-order valence-electron chi connectivity index (χ2n) is 5.21. The summed E-state index contributed by atoms with van der Waals surface area (Å²) in [6.45, 7) is 0.253. The highest BCUT2D eigenvalue weighted by Crippen LogP contribution is 2.31. The molecule has 0 spiro atoms. The van der Waals surface area contributed by atoms with E-state index in [1.807, 2.05) is 18.2 Å². The van der Waals surface area contributed by atoms with Crippen LogP contribution in [0.1, 0.15) is 11.7 Å². The van der Waals surface area contributed by atoms with Gasteiger partial charge in [0.25, 0.3) is 0 Å². The van der Waals surface area contributed by atoms with Crippen LogP contribution in [-0.4, -0.2) is 29.0 Å². The number of benzene rings is 2. The molecular weight excluding hydrogens is 409 g/mol. The van der Waals surface area contributed by atoms with Crippen molar-refractivity contribution in [2.24, 2.45) is 0 Å². The Hall–Kier alpha value is -2.03. The van der Waals surface area contributed by atoms with E-state index in [9.17, 15) is 9.50 Å². The van der Waals surface area contributed by atoms with Crippen LogP contribution in [0, 0.1) is 5.82 Å². The van der Waals surface area contributed by atoms with Crippen LogP contribution in [0.15, 0.2) is 46.9 Å². The second-order valence-corrected chi connectivity index (χ2v) is 7.10. The smallest absolute Gasteiger partial charge is 0.206 e. The zero-order valence-corrected chi connectivity index (χ0v) is 15.6. The van der Waals surface area contributed by atoms with Crippen LogP contribution in [0.5, 0.6) is 5.75 Å². The fourth-order valence-corrected chi connectivity index (χ4v) is 3.34.